The fourth-order valence-corrected chi connectivity index (χ4v) is 4.50. The number of Topliss-reactive ketones (excluding diaryl/α,β-unsaturated/α-hetero) is 1. The van der Waals surface area contributed by atoms with Gasteiger partial charge in [0.05, 0.1) is 18.9 Å². The van der Waals surface area contributed by atoms with Gasteiger partial charge in [0.15, 0.2) is 16.8 Å². The van der Waals surface area contributed by atoms with Crippen LogP contribution < -0.4 is 0 Å². The number of ketones is 1. The van der Waals surface area contributed by atoms with Gasteiger partial charge in [0, 0.05) is 48.1 Å². The molecule has 8 heteroatoms. The Morgan fingerprint density at radius 1 is 1.24 bits per heavy atom. The molecule has 0 aliphatic heterocycles. The minimum atomic E-state index is 0.127. The second-order valence-electron chi connectivity index (χ2n) is 7.28. The molecule has 0 amide bonds. The molecule has 1 aliphatic rings. The van der Waals surface area contributed by atoms with E-state index in [1.165, 1.54) is 30.3 Å². The van der Waals surface area contributed by atoms with Gasteiger partial charge in [-0.25, -0.2) is 0 Å². The van der Waals surface area contributed by atoms with Crippen LogP contribution in [0, 0.1) is 13.8 Å². The molecule has 0 spiro atoms. The first-order valence-corrected chi connectivity index (χ1v) is 10.8. The van der Waals surface area contributed by atoms with Gasteiger partial charge in [0.25, 0.3) is 0 Å². The van der Waals surface area contributed by atoms with Gasteiger partial charge in [-0.3, -0.25) is 14.3 Å². The van der Waals surface area contributed by atoms with Crippen molar-refractivity contribution in [3.63, 3.8) is 0 Å². The number of pyridine rings is 1. The fourth-order valence-electron chi connectivity index (χ4n) is 3.66. The van der Waals surface area contributed by atoms with Crippen molar-refractivity contribution in [2.45, 2.75) is 44.4 Å². The fraction of sp³-hybridized carbons (Fsp3) is 0.429. The number of aryl methyl sites for hydroxylation is 1. The average Bonchev–Trinajstić information content (AvgIpc) is 3.40. The molecule has 0 N–H and O–H groups in total. The highest BCUT2D eigenvalue weighted by Gasteiger charge is 2.28. The van der Waals surface area contributed by atoms with Crippen LogP contribution in [0.1, 0.15) is 40.6 Å². The van der Waals surface area contributed by atoms with E-state index in [-0.39, 0.29) is 5.78 Å². The van der Waals surface area contributed by atoms with E-state index >= 15 is 0 Å². The van der Waals surface area contributed by atoms with Crippen LogP contribution in [0.2, 0.25) is 0 Å². The molecule has 0 saturated heterocycles. The summed E-state index contributed by atoms with van der Waals surface area (Å²) < 4.78 is 9.56. The van der Waals surface area contributed by atoms with Crippen LogP contribution in [-0.4, -0.2) is 49.6 Å². The number of nitrogens with zero attached hydrogens (tertiary/aromatic N) is 5. The van der Waals surface area contributed by atoms with Crippen LogP contribution in [0.25, 0.3) is 11.4 Å². The Kier molecular flexibility index (Phi) is 5.82. The van der Waals surface area contributed by atoms with Crippen molar-refractivity contribution in [3.8, 4) is 11.4 Å². The summed E-state index contributed by atoms with van der Waals surface area (Å²) in [6.45, 7) is 5.29. The average molecular weight is 412 g/mol. The van der Waals surface area contributed by atoms with Crippen molar-refractivity contribution >= 4 is 17.5 Å². The third kappa shape index (κ3) is 4.13. The van der Waals surface area contributed by atoms with Crippen molar-refractivity contribution < 1.29 is 9.53 Å². The number of rotatable bonds is 9. The van der Waals surface area contributed by atoms with Crippen molar-refractivity contribution in [1.82, 2.24) is 24.3 Å². The van der Waals surface area contributed by atoms with Gasteiger partial charge >= 0.3 is 0 Å². The number of ether oxygens (including phenoxy) is 1. The standard InChI is InChI=1S/C21H25N5O2S/c1-14-12-18(15(2)26(14)17-4-5-17)19(27)13-29-21-24-23-20(25(21)10-11-28-3)16-6-8-22-9-7-16/h6-9,12,17H,4-5,10-11,13H2,1-3H3. The van der Waals surface area contributed by atoms with Gasteiger partial charge in [0.2, 0.25) is 0 Å². The van der Waals surface area contributed by atoms with Crippen LogP contribution in [0.15, 0.2) is 35.7 Å². The zero-order chi connectivity index (χ0) is 20.4. The molecule has 1 aliphatic carbocycles. The molecule has 152 valence electrons. The number of methoxy groups -OCH3 is 1. The van der Waals surface area contributed by atoms with E-state index in [4.69, 9.17) is 4.74 Å². The highest BCUT2D eigenvalue weighted by atomic mass is 32.2. The van der Waals surface area contributed by atoms with E-state index < -0.39 is 0 Å². The highest BCUT2D eigenvalue weighted by Crippen LogP contribution is 2.38. The molecule has 0 unspecified atom stereocenters. The van der Waals surface area contributed by atoms with E-state index in [1.54, 1.807) is 19.5 Å². The molecule has 0 bridgehead atoms. The lowest BCUT2D eigenvalue weighted by molar-refractivity contribution is 0.102. The lowest BCUT2D eigenvalue weighted by atomic mass is 10.2. The summed E-state index contributed by atoms with van der Waals surface area (Å²) in [6, 6.07) is 6.40. The molecule has 29 heavy (non-hydrogen) atoms. The topological polar surface area (TPSA) is 74.8 Å². The summed E-state index contributed by atoms with van der Waals surface area (Å²) in [5.41, 5.74) is 4.00. The second-order valence-corrected chi connectivity index (χ2v) is 8.23. The summed E-state index contributed by atoms with van der Waals surface area (Å²) in [5.74, 6) is 1.21. The summed E-state index contributed by atoms with van der Waals surface area (Å²) in [6.07, 6.45) is 5.88. The molecule has 3 aromatic rings. The molecule has 1 saturated carbocycles. The number of hydrogen-bond acceptors (Lipinski definition) is 6. The quantitative estimate of drug-likeness (QED) is 0.395. The molecular weight excluding hydrogens is 386 g/mol. The Morgan fingerprint density at radius 2 is 2.00 bits per heavy atom. The SMILES string of the molecule is COCCn1c(SCC(=O)c2cc(C)n(C3CC3)c2C)nnc1-c1ccncc1. The number of carbonyl (C=O) groups excluding carboxylic acids is 1. The van der Waals surface area contributed by atoms with Crippen LogP contribution in [0.3, 0.4) is 0 Å². The molecule has 3 aromatic heterocycles. The van der Waals surface area contributed by atoms with Crippen LogP contribution in [-0.2, 0) is 11.3 Å². The maximum Gasteiger partial charge on any atom is 0.192 e. The zero-order valence-electron chi connectivity index (χ0n) is 17.0. The minimum absolute atomic E-state index is 0.127. The molecule has 0 atom stereocenters. The van der Waals surface area contributed by atoms with E-state index in [0.717, 1.165) is 27.8 Å². The van der Waals surface area contributed by atoms with Crippen molar-refractivity contribution in [3.05, 3.63) is 47.5 Å². The van der Waals surface area contributed by atoms with Gasteiger partial charge in [-0.1, -0.05) is 11.8 Å². The Morgan fingerprint density at radius 3 is 2.69 bits per heavy atom. The molecule has 3 heterocycles. The highest BCUT2D eigenvalue weighted by molar-refractivity contribution is 7.99. The minimum Gasteiger partial charge on any atom is -0.383 e. The zero-order valence-corrected chi connectivity index (χ0v) is 17.8. The van der Waals surface area contributed by atoms with Crippen LogP contribution in [0.4, 0.5) is 0 Å². The summed E-state index contributed by atoms with van der Waals surface area (Å²) in [7, 11) is 1.67. The maximum atomic E-state index is 12.9. The second kappa shape index (κ2) is 8.51. The summed E-state index contributed by atoms with van der Waals surface area (Å²) >= 11 is 1.42. The van der Waals surface area contributed by atoms with Gasteiger partial charge in [0.1, 0.15) is 0 Å². The first-order chi connectivity index (χ1) is 14.1. The van der Waals surface area contributed by atoms with Crippen molar-refractivity contribution in [1.29, 1.82) is 0 Å². The molecule has 7 nitrogen and oxygen atoms in total. The molecule has 4 rings (SSSR count). The Hall–Kier alpha value is -2.45. The van der Waals surface area contributed by atoms with Gasteiger partial charge in [-0.2, -0.15) is 0 Å². The smallest absolute Gasteiger partial charge is 0.192 e. The van der Waals surface area contributed by atoms with Gasteiger partial charge in [-0.05, 0) is 44.9 Å². The third-order valence-corrected chi connectivity index (χ3v) is 6.17. The van der Waals surface area contributed by atoms with E-state index in [0.29, 0.717) is 24.9 Å². The first kappa shape index (κ1) is 19.8. The van der Waals surface area contributed by atoms with E-state index in [9.17, 15) is 4.79 Å². The maximum absolute atomic E-state index is 12.9. The third-order valence-electron chi connectivity index (χ3n) is 5.20. The van der Waals surface area contributed by atoms with Crippen LogP contribution in [0.5, 0.6) is 0 Å². The number of hydrogen-bond donors (Lipinski definition) is 0. The number of carbonyl (C=O) groups is 1. The van der Waals surface area contributed by atoms with Crippen LogP contribution >= 0.6 is 11.8 Å². The number of aromatic nitrogens is 5. The number of thioether (sulfide) groups is 1. The van der Waals surface area contributed by atoms with Crippen molar-refractivity contribution in [2.24, 2.45) is 0 Å². The predicted molar refractivity (Wildman–Crippen MR) is 112 cm³/mol. The first-order valence-electron chi connectivity index (χ1n) is 9.77. The monoisotopic (exact) mass is 411 g/mol. The Balaban J connectivity index is 1.53. The largest absolute Gasteiger partial charge is 0.383 e. The molecular formula is C21H25N5O2S. The Labute approximate surface area is 174 Å². The summed E-state index contributed by atoms with van der Waals surface area (Å²) in [4.78, 5) is 17.0. The van der Waals surface area contributed by atoms with E-state index in [1.807, 2.05) is 29.7 Å². The molecule has 1 fully saturated rings. The molecule has 0 radical (unpaired) electrons. The van der Waals surface area contributed by atoms with Crippen molar-refractivity contribution in [2.75, 3.05) is 19.5 Å². The summed E-state index contributed by atoms with van der Waals surface area (Å²) in [5, 5.41) is 9.41. The van der Waals surface area contributed by atoms with Gasteiger partial charge < -0.3 is 9.30 Å². The lowest BCUT2D eigenvalue weighted by Crippen LogP contribution is -2.10. The Bertz CT molecular complexity index is 1010. The normalized spacial score (nSPS) is 13.8. The molecule has 0 aromatic carbocycles. The van der Waals surface area contributed by atoms with Gasteiger partial charge in [-0.15, -0.1) is 10.2 Å². The van der Waals surface area contributed by atoms with E-state index in [2.05, 4.69) is 26.7 Å². The predicted octanol–water partition coefficient (Wildman–Crippen LogP) is 3.71. The lowest BCUT2D eigenvalue weighted by Gasteiger charge is -2.10.